The molecule has 0 radical (unpaired) electrons. The molecule has 1 N–H and O–H groups in total. The number of anilines is 1. The first kappa shape index (κ1) is 21.3. The summed E-state index contributed by atoms with van der Waals surface area (Å²) >= 11 is 0. The summed E-state index contributed by atoms with van der Waals surface area (Å²) in [5.74, 6) is -2.03. The fourth-order valence-electron chi connectivity index (χ4n) is 2.72. The predicted molar refractivity (Wildman–Crippen MR) is 110 cm³/mol. The number of carboxylic acid groups (broad SMARTS) is 1. The Morgan fingerprint density at radius 2 is 1.81 bits per heavy atom. The Morgan fingerprint density at radius 3 is 2.52 bits per heavy atom. The van der Waals surface area contributed by atoms with Crippen LogP contribution in [0, 0.1) is 17.1 Å². The second kappa shape index (κ2) is 9.85. The highest BCUT2D eigenvalue weighted by Gasteiger charge is 2.12. The number of carboxylic acids is 1. The summed E-state index contributed by atoms with van der Waals surface area (Å²) in [5, 5.41) is 23.0. The van der Waals surface area contributed by atoms with Crippen molar-refractivity contribution in [3.63, 3.8) is 0 Å². The minimum atomic E-state index is -1.44. The lowest BCUT2D eigenvalue weighted by molar-refractivity contribution is -0.254. The molecule has 1 amide bonds. The second-order valence-corrected chi connectivity index (χ2v) is 6.44. The van der Waals surface area contributed by atoms with Crippen molar-refractivity contribution in [2.45, 2.75) is 6.61 Å². The summed E-state index contributed by atoms with van der Waals surface area (Å²) < 4.78 is 18.7. The maximum atomic E-state index is 13.0. The first-order chi connectivity index (χ1) is 15.0. The van der Waals surface area contributed by atoms with E-state index in [0.29, 0.717) is 11.3 Å². The molecule has 0 fully saturated rings. The first-order valence-corrected chi connectivity index (χ1v) is 9.17. The maximum Gasteiger partial charge on any atom is 0.266 e. The number of carbonyl (C=O) groups is 2. The van der Waals surface area contributed by atoms with Gasteiger partial charge in [-0.1, -0.05) is 42.5 Å². The molecule has 0 aliphatic rings. The van der Waals surface area contributed by atoms with Gasteiger partial charge < -0.3 is 20.0 Å². The minimum absolute atomic E-state index is 0.0324. The third-order valence-corrected chi connectivity index (χ3v) is 4.25. The molecule has 0 aromatic heterocycles. The summed E-state index contributed by atoms with van der Waals surface area (Å²) in [5.41, 5.74) is 0.945. The molecule has 0 heterocycles. The van der Waals surface area contributed by atoms with Crippen LogP contribution in [0.2, 0.25) is 0 Å². The SMILES string of the molecule is N#C/C(=C\c1cccc(OCc2ccc(F)cc2)c1)C(=O)Nc1ccccc1C(=O)[O-]. The molecule has 0 bridgehead atoms. The Kier molecular flexibility index (Phi) is 6.76. The molecule has 0 aliphatic heterocycles. The van der Waals surface area contributed by atoms with Gasteiger partial charge in [-0.05, 0) is 47.5 Å². The van der Waals surface area contributed by atoms with E-state index in [1.165, 1.54) is 36.4 Å². The van der Waals surface area contributed by atoms with E-state index < -0.39 is 11.9 Å². The maximum absolute atomic E-state index is 13.0. The Morgan fingerprint density at radius 1 is 1.06 bits per heavy atom. The molecule has 0 aliphatic carbocycles. The van der Waals surface area contributed by atoms with Crippen LogP contribution >= 0.6 is 0 Å². The number of carbonyl (C=O) groups excluding carboxylic acids is 2. The number of halogens is 1. The molecule has 0 saturated carbocycles. The van der Waals surface area contributed by atoms with Gasteiger partial charge in [0.15, 0.2) is 0 Å². The second-order valence-electron chi connectivity index (χ2n) is 6.44. The number of benzene rings is 3. The van der Waals surface area contributed by atoms with Gasteiger partial charge in [0.05, 0.1) is 11.7 Å². The van der Waals surface area contributed by atoms with E-state index in [1.807, 2.05) is 6.07 Å². The molecule has 0 unspecified atom stereocenters. The van der Waals surface area contributed by atoms with E-state index in [9.17, 15) is 24.3 Å². The molecule has 3 aromatic carbocycles. The molecule has 0 atom stereocenters. The van der Waals surface area contributed by atoms with Crippen molar-refractivity contribution in [1.82, 2.24) is 0 Å². The van der Waals surface area contributed by atoms with Gasteiger partial charge in [0.1, 0.15) is 29.8 Å². The van der Waals surface area contributed by atoms with Gasteiger partial charge in [0.25, 0.3) is 5.91 Å². The molecule has 31 heavy (non-hydrogen) atoms. The Labute approximate surface area is 177 Å². The monoisotopic (exact) mass is 415 g/mol. The van der Waals surface area contributed by atoms with Gasteiger partial charge in [-0.2, -0.15) is 5.26 Å². The van der Waals surface area contributed by atoms with Gasteiger partial charge >= 0.3 is 0 Å². The van der Waals surface area contributed by atoms with Crippen molar-refractivity contribution in [2.24, 2.45) is 0 Å². The van der Waals surface area contributed by atoms with E-state index in [0.717, 1.165) is 5.56 Å². The van der Waals surface area contributed by atoms with Crippen molar-refractivity contribution >= 4 is 23.6 Å². The van der Waals surface area contributed by atoms with Crippen molar-refractivity contribution in [2.75, 3.05) is 5.32 Å². The summed E-state index contributed by atoms with van der Waals surface area (Å²) in [6, 6.07) is 20.2. The molecule has 0 spiro atoms. The van der Waals surface area contributed by atoms with E-state index in [1.54, 1.807) is 42.5 Å². The zero-order valence-electron chi connectivity index (χ0n) is 16.2. The van der Waals surface area contributed by atoms with E-state index >= 15 is 0 Å². The number of para-hydroxylation sites is 1. The van der Waals surface area contributed by atoms with Crippen LogP contribution < -0.4 is 15.2 Å². The van der Waals surface area contributed by atoms with Crippen LogP contribution in [0.4, 0.5) is 10.1 Å². The lowest BCUT2D eigenvalue weighted by Crippen LogP contribution is -2.25. The van der Waals surface area contributed by atoms with Crippen molar-refractivity contribution in [3.05, 3.63) is 101 Å². The summed E-state index contributed by atoms with van der Waals surface area (Å²) in [4.78, 5) is 23.6. The molecule has 7 heteroatoms. The van der Waals surface area contributed by atoms with E-state index in [2.05, 4.69) is 5.32 Å². The van der Waals surface area contributed by atoms with Crippen molar-refractivity contribution < 1.29 is 23.8 Å². The number of nitrogens with one attached hydrogen (secondary N) is 1. The van der Waals surface area contributed by atoms with Crippen LogP contribution in [0.25, 0.3) is 6.08 Å². The quantitative estimate of drug-likeness (QED) is 0.471. The largest absolute Gasteiger partial charge is 0.545 e. The van der Waals surface area contributed by atoms with Crippen LogP contribution in [0.5, 0.6) is 5.75 Å². The topological polar surface area (TPSA) is 102 Å². The van der Waals surface area contributed by atoms with Gasteiger partial charge in [-0.15, -0.1) is 0 Å². The molecule has 3 rings (SSSR count). The number of hydrogen-bond acceptors (Lipinski definition) is 5. The fraction of sp³-hybridized carbons (Fsp3) is 0.0417. The number of amides is 1. The smallest absolute Gasteiger partial charge is 0.266 e. The number of hydrogen-bond donors (Lipinski definition) is 1. The third kappa shape index (κ3) is 5.78. The van der Waals surface area contributed by atoms with Crippen molar-refractivity contribution in [3.8, 4) is 11.8 Å². The Bertz CT molecular complexity index is 1180. The normalized spacial score (nSPS) is 10.8. The zero-order valence-corrected chi connectivity index (χ0v) is 16.2. The Balaban J connectivity index is 1.74. The molecule has 3 aromatic rings. The summed E-state index contributed by atoms with van der Waals surface area (Å²) in [6.45, 7) is 0.221. The number of nitrogens with zero attached hydrogens (tertiary/aromatic N) is 1. The number of ether oxygens (including phenoxy) is 1. The van der Waals surface area contributed by atoms with Crippen LogP contribution in [0.15, 0.2) is 78.4 Å². The number of aromatic carboxylic acids is 1. The summed E-state index contributed by atoms with van der Waals surface area (Å²) in [6.07, 6.45) is 1.36. The van der Waals surface area contributed by atoms with E-state index in [-0.39, 0.29) is 29.2 Å². The molecule has 6 nitrogen and oxygen atoms in total. The number of rotatable bonds is 7. The van der Waals surface area contributed by atoms with Crippen molar-refractivity contribution in [1.29, 1.82) is 5.26 Å². The molecule has 0 saturated heterocycles. The summed E-state index contributed by atoms with van der Waals surface area (Å²) in [7, 11) is 0. The highest BCUT2D eigenvalue weighted by atomic mass is 19.1. The van der Waals surface area contributed by atoms with Crippen LogP contribution in [0.1, 0.15) is 21.5 Å². The highest BCUT2D eigenvalue weighted by Crippen LogP contribution is 2.19. The fourth-order valence-corrected chi connectivity index (χ4v) is 2.72. The van der Waals surface area contributed by atoms with E-state index in [4.69, 9.17) is 4.74 Å². The average molecular weight is 415 g/mol. The zero-order chi connectivity index (χ0) is 22.2. The minimum Gasteiger partial charge on any atom is -0.545 e. The highest BCUT2D eigenvalue weighted by molar-refractivity contribution is 6.11. The lowest BCUT2D eigenvalue weighted by atomic mass is 10.1. The lowest BCUT2D eigenvalue weighted by Gasteiger charge is -2.11. The molecular formula is C24H16FN2O4-. The third-order valence-electron chi connectivity index (χ3n) is 4.25. The van der Waals surface area contributed by atoms with Gasteiger partial charge in [-0.25, -0.2) is 4.39 Å². The predicted octanol–water partition coefficient (Wildman–Crippen LogP) is 3.31. The van der Waals surface area contributed by atoms with Gasteiger partial charge in [0, 0.05) is 5.56 Å². The first-order valence-electron chi connectivity index (χ1n) is 9.17. The van der Waals surface area contributed by atoms with Crippen LogP contribution in [-0.4, -0.2) is 11.9 Å². The average Bonchev–Trinajstić information content (AvgIpc) is 2.77. The van der Waals surface area contributed by atoms with Gasteiger partial charge in [-0.3, -0.25) is 4.79 Å². The molecule has 154 valence electrons. The molecular weight excluding hydrogens is 399 g/mol. The van der Waals surface area contributed by atoms with Crippen LogP contribution in [0.3, 0.4) is 0 Å². The number of nitriles is 1. The van der Waals surface area contributed by atoms with Crippen LogP contribution in [-0.2, 0) is 11.4 Å². The van der Waals surface area contributed by atoms with Gasteiger partial charge in [0.2, 0.25) is 0 Å². The Hall–Kier alpha value is -4.44. The standard InChI is InChI=1S/C24H17FN2O4/c25-19-10-8-16(9-11-19)15-31-20-5-3-4-17(13-20)12-18(14-26)23(28)27-22-7-2-1-6-21(22)24(29)30/h1-13H,15H2,(H,27,28)(H,29,30)/p-1/b18-12+.